The van der Waals surface area contributed by atoms with E-state index < -0.39 is 0 Å². The van der Waals surface area contributed by atoms with Crippen molar-refractivity contribution in [2.45, 2.75) is 12.8 Å². The third kappa shape index (κ3) is 5.13. The van der Waals surface area contributed by atoms with E-state index in [0.717, 1.165) is 10.4 Å². The van der Waals surface area contributed by atoms with Crippen LogP contribution in [0.25, 0.3) is 0 Å². The van der Waals surface area contributed by atoms with Gasteiger partial charge in [0, 0.05) is 30.6 Å². The van der Waals surface area contributed by atoms with Gasteiger partial charge in [0.1, 0.15) is 5.82 Å². The first-order valence-corrected chi connectivity index (χ1v) is 7.34. The van der Waals surface area contributed by atoms with E-state index in [1.807, 2.05) is 6.07 Å². The van der Waals surface area contributed by atoms with Crippen molar-refractivity contribution < 1.29 is 14.3 Å². The molecule has 5 nitrogen and oxygen atoms in total. The zero-order chi connectivity index (χ0) is 15.1. The normalized spacial score (nSPS) is 10.4. The van der Waals surface area contributed by atoms with Crippen molar-refractivity contribution in [1.82, 2.24) is 10.3 Å². The van der Waals surface area contributed by atoms with Crippen molar-refractivity contribution in [2.24, 2.45) is 0 Å². The Bertz CT molecular complexity index is 603. The smallest absolute Gasteiger partial charge is 0.321 e. The largest absolute Gasteiger partial charge is 0.396 e. The average molecular weight is 309 g/mol. The van der Waals surface area contributed by atoms with Gasteiger partial charge in [-0.05, 0) is 24.1 Å². The minimum absolute atomic E-state index is 0.0370. The van der Waals surface area contributed by atoms with Gasteiger partial charge in [-0.3, -0.25) is 5.32 Å². The number of nitrogens with one attached hydrogen (secondary N) is 2. The van der Waals surface area contributed by atoms with Crippen LogP contribution in [0.15, 0.2) is 30.5 Å². The van der Waals surface area contributed by atoms with Gasteiger partial charge >= 0.3 is 6.03 Å². The van der Waals surface area contributed by atoms with Crippen LogP contribution in [0.3, 0.4) is 0 Å². The number of thiazole rings is 1. The van der Waals surface area contributed by atoms with Crippen LogP contribution in [-0.4, -0.2) is 29.3 Å². The highest BCUT2D eigenvalue weighted by Gasteiger charge is 2.07. The minimum Gasteiger partial charge on any atom is -0.396 e. The van der Waals surface area contributed by atoms with Crippen molar-refractivity contribution >= 4 is 22.5 Å². The quantitative estimate of drug-likeness (QED) is 0.717. The number of amides is 2. The predicted octanol–water partition coefficient (Wildman–Crippen LogP) is 2.38. The summed E-state index contributed by atoms with van der Waals surface area (Å²) in [6, 6.07) is 6.04. The molecule has 0 aliphatic carbocycles. The van der Waals surface area contributed by atoms with Crippen molar-refractivity contribution in [3.05, 3.63) is 46.7 Å². The van der Waals surface area contributed by atoms with Crippen LogP contribution in [0.1, 0.15) is 16.9 Å². The minimum atomic E-state index is -0.352. The molecule has 1 aromatic carbocycles. The van der Waals surface area contributed by atoms with E-state index in [-0.39, 0.29) is 18.5 Å². The molecular weight excluding hydrogens is 293 g/mol. The Morgan fingerprint density at radius 1 is 1.43 bits per heavy atom. The van der Waals surface area contributed by atoms with E-state index in [2.05, 4.69) is 15.6 Å². The third-order valence-corrected chi connectivity index (χ3v) is 3.57. The molecular formula is C14H16FN3O2S. The van der Waals surface area contributed by atoms with Gasteiger partial charge in [-0.15, -0.1) is 11.3 Å². The Kier molecular flexibility index (Phi) is 5.65. The van der Waals surface area contributed by atoms with Crippen LogP contribution < -0.4 is 10.6 Å². The van der Waals surface area contributed by atoms with E-state index in [1.54, 1.807) is 12.3 Å². The van der Waals surface area contributed by atoms with Crippen molar-refractivity contribution in [3.8, 4) is 0 Å². The van der Waals surface area contributed by atoms with Gasteiger partial charge in [-0.1, -0.05) is 12.1 Å². The fourth-order valence-electron chi connectivity index (χ4n) is 1.72. The van der Waals surface area contributed by atoms with E-state index in [0.29, 0.717) is 24.5 Å². The van der Waals surface area contributed by atoms with E-state index in [4.69, 9.17) is 5.11 Å². The second-order valence-electron chi connectivity index (χ2n) is 4.40. The molecule has 2 rings (SSSR count). The number of hydrogen-bond donors (Lipinski definition) is 3. The molecule has 0 atom stereocenters. The topological polar surface area (TPSA) is 74.2 Å². The molecule has 0 bridgehead atoms. The highest BCUT2D eigenvalue weighted by atomic mass is 32.1. The Morgan fingerprint density at radius 3 is 3.05 bits per heavy atom. The summed E-state index contributed by atoms with van der Waals surface area (Å²) in [6.07, 6.45) is 2.75. The van der Waals surface area contributed by atoms with E-state index in [1.165, 1.54) is 23.5 Å². The van der Waals surface area contributed by atoms with Crippen molar-refractivity contribution in [2.75, 3.05) is 18.5 Å². The predicted molar refractivity (Wildman–Crippen MR) is 80.0 cm³/mol. The maximum absolute atomic E-state index is 13.1. The zero-order valence-electron chi connectivity index (χ0n) is 11.3. The number of rotatable bonds is 6. The summed E-state index contributed by atoms with van der Waals surface area (Å²) < 4.78 is 13.1. The van der Waals surface area contributed by atoms with Crippen molar-refractivity contribution in [3.63, 3.8) is 0 Å². The standard InChI is InChI=1S/C14H16FN3O2S/c15-11-4-1-3-10(7-11)8-12-9-17-14(21-12)18-13(20)16-5-2-6-19/h1,3-4,7,9,19H,2,5-6,8H2,(H2,16,17,18,20). The first-order valence-electron chi connectivity index (χ1n) is 6.52. The lowest BCUT2D eigenvalue weighted by Gasteiger charge is -2.03. The zero-order valence-corrected chi connectivity index (χ0v) is 12.1. The number of aliphatic hydroxyl groups is 1. The fraction of sp³-hybridized carbons (Fsp3) is 0.286. The number of carbonyl (C=O) groups excluding carboxylic acids is 1. The van der Waals surface area contributed by atoms with Crippen LogP contribution in [0.5, 0.6) is 0 Å². The lowest BCUT2D eigenvalue weighted by atomic mass is 10.1. The maximum atomic E-state index is 13.1. The van der Waals surface area contributed by atoms with Crippen LogP contribution >= 0.6 is 11.3 Å². The Balaban J connectivity index is 1.88. The molecule has 2 aromatic rings. The van der Waals surface area contributed by atoms with Gasteiger partial charge in [-0.2, -0.15) is 0 Å². The third-order valence-electron chi connectivity index (χ3n) is 2.66. The van der Waals surface area contributed by atoms with Crippen LogP contribution in [0.2, 0.25) is 0 Å². The lowest BCUT2D eigenvalue weighted by molar-refractivity contribution is 0.249. The summed E-state index contributed by atoms with van der Waals surface area (Å²) in [5, 5.41) is 14.3. The molecule has 0 fully saturated rings. The summed E-state index contributed by atoms with van der Waals surface area (Å²) in [5.41, 5.74) is 0.859. The first-order chi connectivity index (χ1) is 10.2. The molecule has 0 radical (unpaired) electrons. The molecule has 0 saturated carbocycles. The summed E-state index contributed by atoms with van der Waals surface area (Å²) in [7, 11) is 0. The maximum Gasteiger partial charge on any atom is 0.321 e. The average Bonchev–Trinajstić information content (AvgIpc) is 2.86. The number of halogens is 1. The molecule has 21 heavy (non-hydrogen) atoms. The van der Waals surface area contributed by atoms with Gasteiger partial charge in [0.15, 0.2) is 5.13 Å². The molecule has 112 valence electrons. The molecule has 7 heteroatoms. The van der Waals surface area contributed by atoms with Gasteiger partial charge in [0.05, 0.1) is 0 Å². The number of urea groups is 1. The number of nitrogens with zero attached hydrogens (tertiary/aromatic N) is 1. The molecule has 1 aromatic heterocycles. The van der Waals surface area contributed by atoms with Crippen molar-refractivity contribution in [1.29, 1.82) is 0 Å². The number of benzene rings is 1. The molecule has 0 aliphatic rings. The lowest BCUT2D eigenvalue weighted by Crippen LogP contribution is -2.29. The van der Waals surface area contributed by atoms with Gasteiger partial charge in [0.2, 0.25) is 0 Å². The number of aliphatic hydroxyl groups excluding tert-OH is 1. The highest BCUT2D eigenvalue weighted by Crippen LogP contribution is 2.21. The summed E-state index contributed by atoms with van der Waals surface area (Å²) in [5.74, 6) is -0.265. The number of carbonyl (C=O) groups is 1. The molecule has 0 aliphatic heterocycles. The first kappa shape index (κ1) is 15.4. The number of aromatic nitrogens is 1. The summed E-state index contributed by atoms with van der Waals surface area (Å²) >= 11 is 1.35. The number of hydrogen-bond acceptors (Lipinski definition) is 4. The highest BCUT2D eigenvalue weighted by molar-refractivity contribution is 7.15. The monoisotopic (exact) mass is 309 g/mol. The summed E-state index contributed by atoms with van der Waals surface area (Å²) in [4.78, 5) is 16.6. The Morgan fingerprint density at radius 2 is 2.29 bits per heavy atom. The van der Waals surface area contributed by atoms with E-state index >= 15 is 0 Å². The van der Waals surface area contributed by atoms with Gasteiger partial charge < -0.3 is 10.4 Å². The molecule has 1 heterocycles. The molecule has 0 spiro atoms. The summed E-state index contributed by atoms with van der Waals surface area (Å²) in [6.45, 7) is 0.444. The molecule has 2 amide bonds. The van der Waals surface area contributed by atoms with Gasteiger partial charge in [-0.25, -0.2) is 14.2 Å². The van der Waals surface area contributed by atoms with Crippen LogP contribution in [-0.2, 0) is 6.42 Å². The second-order valence-corrected chi connectivity index (χ2v) is 5.51. The molecule has 3 N–H and O–H groups in total. The SMILES string of the molecule is O=C(NCCCO)Nc1ncc(Cc2cccc(F)c2)s1. The number of anilines is 1. The Labute approximate surface area is 125 Å². The van der Waals surface area contributed by atoms with E-state index in [9.17, 15) is 9.18 Å². The second kappa shape index (κ2) is 7.70. The molecule has 0 unspecified atom stereocenters. The van der Waals surface area contributed by atoms with Gasteiger partial charge in [0.25, 0.3) is 0 Å². The Hall–Kier alpha value is -1.99. The van der Waals surface area contributed by atoms with Crippen LogP contribution in [0, 0.1) is 5.82 Å². The fourth-order valence-corrected chi connectivity index (χ4v) is 2.56. The molecule has 0 saturated heterocycles. The van der Waals surface area contributed by atoms with Crippen LogP contribution in [0.4, 0.5) is 14.3 Å².